The Morgan fingerprint density at radius 2 is 0.355 bits per heavy atom. The van der Waals surface area contributed by atoms with E-state index in [-0.39, 0.29) is 34.2 Å². The maximum absolute atomic E-state index is 15.2. The Balaban J connectivity index is 0.834. The summed E-state index contributed by atoms with van der Waals surface area (Å²) in [4.78, 5) is 30.5. The van der Waals surface area contributed by atoms with Gasteiger partial charge in [-0.2, -0.15) is 0 Å². The maximum Gasteiger partial charge on any atom is 0.203 e. The third-order valence-corrected chi connectivity index (χ3v) is 27.5. The molecule has 0 fully saturated rings. The van der Waals surface area contributed by atoms with Crippen LogP contribution in [-0.2, 0) is 0 Å². The summed E-state index contributed by atoms with van der Waals surface area (Å²) >= 11 is 0. The minimum Gasteiger partial charge on any atom is -0.489 e. The second kappa shape index (κ2) is 68.6. The van der Waals surface area contributed by atoms with Crippen molar-refractivity contribution in [3.05, 3.63) is 192 Å². The first-order valence-electron chi connectivity index (χ1n) is 56.2. The quantitative estimate of drug-likeness (QED) is 0.0337. The molecule has 0 N–H and O–H groups in total. The highest BCUT2D eigenvalue weighted by atomic mass is 16.6. The van der Waals surface area contributed by atoms with Gasteiger partial charge in [0.15, 0.2) is 34.6 Å². The van der Waals surface area contributed by atoms with E-state index in [0.29, 0.717) is 131 Å². The van der Waals surface area contributed by atoms with Crippen LogP contribution in [0.3, 0.4) is 0 Å². The molecule has 0 bridgehead atoms. The zero-order valence-electron chi connectivity index (χ0n) is 86.7. The fraction of sp³-hybridized carbons (Fsp3) is 0.571. The van der Waals surface area contributed by atoms with E-state index in [1.54, 1.807) is 24.3 Å². The first-order valence-corrected chi connectivity index (χ1v) is 56.2. The van der Waals surface area contributed by atoms with Crippen LogP contribution in [0.5, 0.6) is 80.5 Å². The van der Waals surface area contributed by atoms with Gasteiger partial charge < -0.3 is 47.4 Å². The minimum atomic E-state index is -0.319. The van der Waals surface area contributed by atoms with Gasteiger partial charge in [-0.05, 0) is 109 Å². The van der Waals surface area contributed by atoms with Gasteiger partial charge >= 0.3 is 0 Å². The van der Waals surface area contributed by atoms with Crippen molar-refractivity contribution < 1.29 is 57.0 Å². The average molecular weight is 1880 g/mol. The van der Waals surface area contributed by atoms with Crippen LogP contribution in [0.15, 0.2) is 170 Å². The van der Waals surface area contributed by atoms with Crippen molar-refractivity contribution in [2.45, 2.75) is 427 Å². The van der Waals surface area contributed by atoms with Crippen LogP contribution in [0.25, 0.3) is 33.0 Å². The van der Waals surface area contributed by atoms with Crippen molar-refractivity contribution in [3.63, 3.8) is 0 Å². The van der Waals surface area contributed by atoms with E-state index in [1.165, 1.54) is 308 Å². The predicted octanol–water partition coefficient (Wildman–Crippen LogP) is 39.9. The van der Waals surface area contributed by atoms with E-state index in [2.05, 4.69) is 65.8 Å². The lowest BCUT2D eigenvalue weighted by Crippen LogP contribution is -2.22. The number of unbranched alkanes of at least 4 members (excludes halogenated alkanes) is 54. The molecule has 9 aromatic carbocycles. The average Bonchev–Trinajstić information content (AvgIpc) is 0.717. The number of carbonyl (C=O) groups is 2. The van der Waals surface area contributed by atoms with Crippen molar-refractivity contribution in [1.29, 1.82) is 0 Å². The molecule has 0 spiro atoms. The summed E-state index contributed by atoms with van der Waals surface area (Å²) in [6.45, 7) is 17.3. The van der Waals surface area contributed by atoms with Gasteiger partial charge in [0.25, 0.3) is 0 Å². The summed E-state index contributed by atoms with van der Waals surface area (Å²) in [7, 11) is 0. The SMILES string of the molecule is CCCCCCCCCCCCOc1cc(Oc2ccc(-c3ccc(Oc4c5c(c(Oc6ccc(-c7ccc(Oc8cc(OCCCCCCCCCCCC)c(OCCCCCCCCCCCC)c(OCCCCCCCCCCCC)c8)cc7)cc6)c6ccccc46)C(=O)c4ccccc4C5=O)cc3)cc2)cc(OCCCCCCCCCCCC)c1OCCCCCCCCCCCC. The summed E-state index contributed by atoms with van der Waals surface area (Å²) < 4.78 is 68.0. The molecule has 12 nitrogen and oxygen atoms in total. The molecule has 0 radical (unpaired) electrons. The Hall–Kier alpha value is -9.42. The third-order valence-electron chi connectivity index (χ3n) is 27.5. The molecule has 0 saturated heterocycles. The Labute approximate surface area is 835 Å². The second-order valence-corrected chi connectivity index (χ2v) is 39.3. The molecule has 0 amide bonds. The van der Waals surface area contributed by atoms with E-state index in [4.69, 9.17) is 47.4 Å². The number of ketones is 2. The van der Waals surface area contributed by atoms with Gasteiger partial charge in [-0.15, -0.1) is 0 Å². The summed E-state index contributed by atoms with van der Waals surface area (Å²) in [6, 6.07) is 54.7. The molecule has 9 aromatic rings. The first-order chi connectivity index (χ1) is 68.2. The van der Waals surface area contributed by atoms with Gasteiger partial charge in [0.05, 0.1) is 50.8 Å². The molecule has 0 saturated carbocycles. The molecule has 0 aliphatic heterocycles. The van der Waals surface area contributed by atoms with Crippen LogP contribution in [0.4, 0.5) is 0 Å². The highest BCUT2D eigenvalue weighted by molar-refractivity contribution is 6.32. The molecule has 754 valence electrons. The Kier molecular flexibility index (Phi) is 55.0. The molecule has 0 aromatic heterocycles. The molecule has 10 rings (SSSR count). The van der Waals surface area contributed by atoms with Gasteiger partial charge in [0.2, 0.25) is 11.5 Å². The normalized spacial score (nSPS) is 11.8. The summed E-state index contributed by atoms with van der Waals surface area (Å²) in [5.41, 5.74) is 4.80. The summed E-state index contributed by atoms with van der Waals surface area (Å²) in [5, 5.41) is 1.25. The van der Waals surface area contributed by atoms with Crippen molar-refractivity contribution in [2.75, 3.05) is 39.6 Å². The van der Waals surface area contributed by atoms with Crippen LogP contribution >= 0.6 is 0 Å². The molecule has 1 aliphatic carbocycles. The number of benzene rings is 9. The number of hydrogen-bond donors (Lipinski definition) is 0. The summed E-state index contributed by atoms with van der Waals surface area (Å²) in [6.07, 6.45) is 75.3. The number of carbonyl (C=O) groups excluding carboxylic acids is 2. The molecule has 138 heavy (non-hydrogen) atoms. The van der Waals surface area contributed by atoms with Gasteiger partial charge in [0, 0.05) is 46.2 Å². The van der Waals surface area contributed by atoms with E-state index in [0.717, 1.165) is 99.3 Å². The predicted molar refractivity (Wildman–Crippen MR) is 578 cm³/mol. The van der Waals surface area contributed by atoms with Crippen LogP contribution in [-0.4, -0.2) is 51.2 Å². The smallest absolute Gasteiger partial charge is 0.203 e. The maximum atomic E-state index is 15.2. The molecule has 12 heteroatoms. The lowest BCUT2D eigenvalue weighted by atomic mass is 9.81. The zero-order valence-corrected chi connectivity index (χ0v) is 86.7. The van der Waals surface area contributed by atoms with E-state index < -0.39 is 0 Å². The van der Waals surface area contributed by atoms with Crippen molar-refractivity contribution in [1.82, 2.24) is 0 Å². The Bertz CT molecular complexity index is 4370. The molecule has 1 aliphatic rings. The highest BCUT2D eigenvalue weighted by Gasteiger charge is 2.38. The Morgan fingerprint density at radius 1 is 0.174 bits per heavy atom. The Morgan fingerprint density at radius 3 is 0.565 bits per heavy atom. The van der Waals surface area contributed by atoms with Gasteiger partial charge in [-0.1, -0.05) is 485 Å². The van der Waals surface area contributed by atoms with Gasteiger partial charge in [0.1, 0.15) is 46.0 Å². The number of ether oxygens (including phenoxy) is 10. The monoisotopic (exact) mass is 1880 g/mol. The van der Waals surface area contributed by atoms with Crippen LogP contribution < -0.4 is 47.4 Å². The molecule has 0 atom stereocenters. The van der Waals surface area contributed by atoms with Gasteiger partial charge in [-0.25, -0.2) is 0 Å². The minimum absolute atomic E-state index is 0.156. The lowest BCUT2D eigenvalue weighted by Gasteiger charge is -2.25. The summed E-state index contributed by atoms with van der Waals surface area (Å²) in [5.74, 6) is 7.57. The molecule has 0 unspecified atom stereocenters. The number of rotatable bonds is 82. The van der Waals surface area contributed by atoms with E-state index >= 15 is 9.59 Å². The topological polar surface area (TPSA) is 126 Å². The third kappa shape index (κ3) is 40.3. The van der Waals surface area contributed by atoms with Crippen molar-refractivity contribution >= 4 is 22.3 Å². The standard InChI is InChI=1S/C126H178O12/c1-7-13-19-25-31-37-43-49-55-65-91-129-115-97-109(98-116(130-92-66-56-50-44-38-32-26-20-14-8-2)125(115)133-95-69-59-53-47-41-35-29-23-17-11-5)135-105-83-75-101(76-84-105)103-79-87-107(88-80-103)137-123-113-73-63-64-74-114(113)124(120-119(123)121(127)111-71-61-62-72-112(111)122(120)128)138-108-89-81-104(82-90-108)102-77-85-106(86-78-102)136-110-99-117(131-93-67-57-51-45-39-33-27-21-15-9-3)126(134-96-70-60-54-48-42-36-30-24-18-12-6)118(100-110)132-94-68-58-52-46-40-34-28-22-16-10-4/h61-64,71-90,97-100H,7-60,65-70,91-96H2,1-6H3. The van der Waals surface area contributed by atoms with E-state index in [9.17, 15) is 0 Å². The highest BCUT2D eigenvalue weighted by Crippen LogP contribution is 2.50. The van der Waals surface area contributed by atoms with Crippen LogP contribution in [0.2, 0.25) is 0 Å². The molecular formula is C126H178O12. The molecule has 0 heterocycles. The van der Waals surface area contributed by atoms with E-state index in [1.807, 2.05) is 121 Å². The number of fused-ring (bicyclic) bond motifs is 3. The number of hydrogen-bond acceptors (Lipinski definition) is 12. The largest absolute Gasteiger partial charge is 0.489 e. The van der Waals surface area contributed by atoms with Crippen molar-refractivity contribution in [3.8, 4) is 103 Å². The van der Waals surface area contributed by atoms with Crippen LogP contribution in [0, 0.1) is 0 Å². The second-order valence-electron chi connectivity index (χ2n) is 39.3. The lowest BCUT2D eigenvalue weighted by molar-refractivity contribution is 0.0975. The van der Waals surface area contributed by atoms with Crippen LogP contribution in [0.1, 0.15) is 459 Å². The first kappa shape index (κ1) is 111. The fourth-order valence-electron chi connectivity index (χ4n) is 19.1. The zero-order chi connectivity index (χ0) is 96.6. The molecular weight excluding hydrogens is 1710 g/mol. The van der Waals surface area contributed by atoms with Crippen molar-refractivity contribution in [2.24, 2.45) is 0 Å². The van der Waals surface area contributed by atoms with Gasteiger partial charge in [-0.3, -0.25) is 9.59 Å². The fourth-order valence-corrected chi connectivity index (χ4v) is 19.1.